The molecule has 5 unspecified atom stereocenters. The number of ether oxygens (including phenoxy) is 2. The number of nitrogens with two attached hydrogens (primary N) is 1. The Hall–Kier alpha value is -4.56. The van der Waals surface area contributed by atoms with E-state index in [1.807, 2.05) is 86.6 Å². The molecule has 5 atom stereocenters. The van der Waals surface area contributed by atoms with E-state index in [-0.39, 0.29) is 41.8 Å². The lowest BCUT2D eigenvalue weighted by Gasteiger charge is -2.57. The highest BCUT2D eigenvalue weighted by atomic mass is 16.5. The molecule has 1 fully saturated rings. The number of Topliss-reactive ketones (excluding diaryl/α,β-unsaturated/α-hetero) is 3. The van der Waals surface area contributed by atoms with Crippen LogP contribution in [0.4, 0.5) is 0 Å². The second kappa shape index (κ2) is 11.9. The van der Waals surface area contributed by atoms with Crippen LogP contribution in [-0.4, -0.2) is 22.5 Å². The second-order valence-electron chi connectivity index (χ2n) is 13.3. The minimum atomic E-state index is -1.51. The van der Waals surface area contributed by atoms with Gasteiger partial charge in [0.05, 0.1) is 22.9 Å². The van der Waals surface area contributed by atoms with Gasteiger partial charge in [-0.3, -0.25) is 14.4 Å². The van der Waals surface area contributed by atoms with E-state index in [9.17, 15) is 9.59 Å². The zero-order valence-corrected chi connectivity index (χ0v) is 27.1. The van der Waals surface area contributed by atoms with Crippen molar-refractivity contribution in [1.82, 2.24) is 5.16 Å². The van der Waals surface area contributed by atoms with Crippen molar-refractivity contribution in [3.05, 3.63) is 112 Å². The Morgan fingerprint density at radius 2 is 1.51 bits per heavy atom. The first-order valence-corrected chi connectivity index (χ1v) is 16.7. The summed E-state index contributed by atoms with van der Waals surface area (Å²) in [5, 5.41) is 4.12. The standard InChI is InChI=1S/C39H40N2O6/c1-4-25-17-18-28(45-21-23-13-9-7-10-14-23)29-26(25)19-38(5-2)20-27-32(40)34-30(35(43)39(27,6-3)36(44)31(38)33(29)42)37(41-47-34)46-22-24-15-11-8-12-16-24/h7-18,27,31-32H,4-6,19-22,40H2,1-3H3. The topological polar surface area (TPSA) is 122 Å². The number of aryl methyl sites for hydroxylation is 1. The molecule has 8 nitrogen and oxygen atoms in total. The quantitative estimate of drug-likeness (QED) is 0.195. The Bertz CT molecular complexity index is 1850. The Morgan fingerprint density at radius 3 is 2.13 bits per heavy atom. The number of rotatable bonds is 9. The van der Waals surface area contributed by atoms with Crippen molar-refractivity contribution in [2.75, 3.05) is 0 Å². The second-order valence-corrected chi connectivity index (χ2v) is 13.3. The van der Waals surface area contributed by atoms with Crippen LogP contribution in [0.1, 0.15) is 94.8 Å². The molecule has 47 heavy (non-hydrogen) atoms. The molecule has 3 aromatic carbocycles. The molecule has 1 saturated carbocycles. The maximum absolute atomic E-state index is 15.1. The highest BCUT2D eigenvalue weighted by Gasteiger charge is 2.69. The molecule has 0 saturated heterocycles. The lowest BCUT2D eigenvalue weighted by Crippen LogP contribution is -2.64. The molecule has 0 bridgehead atoms. The average Bonchev–Trinajstić information content (AvgIpc) is 3.54. The molecule has 0 radical (unpaired) electrons. The molecule has 3 aliphatic rings. The molecule has 1 aromatic heterocycles. The summed E-state index contributed by atoms with van der Waals surface area (Å²) < 4.78 is 18.0. The van der Waals surface area contributed by atoms with Crippen LogP contribution in [-0.2, 0) is 30.8 Å². The Balaban J connectivity index is 1.30. The van der Waals surface area contributed by atoms with Gasteiger partial charge in [0.15, 0.2) is 23.1 Å². The molecule has 242 valence electrons. The number of nitrogens with zero attached hydrogens (tertiary/aromatic N) is 1. The van der Waals surface area contributed by atoms with E-state index in [0.29, 0.717) is 37.2 Å². The van der Waals surface area contributed by atoms with E-state index >= 15 is 4.79 Å². The summed E-state index contributed by atoms with van der Waals surface area (Å²) >= 11 is 0. The van der Waals surface area contributed by atoms with Crippen LogP contribution >= 0.6 is 0 Å². The van der Waals surface area contributed by atoms with Crippen LogP contribution in [0.2, 0.25) is 0 Å². The summed E-state index contributed by atoms with van der Waals surface area (Å²) in [6.07, 6.45) is 2.48. The van der Waals surface area contributed by atoms with Gasteiger partial charge in [-0.15, -0.1) is 0 Å². The summed E-state index contributed by atoms with van der Waals surface area (Å²) in [7, 11) is 0. The fourth-order valence-corrected chi connectivity index (χ4v) is 8.58. The van der Waals surface area contributed by atoms with Crippen LogP contribution < -0.4 is 15.2 Å². The zero-order valence-electron chi connectivity index (χ0n) is 27.1. The predicted molar refractivity (Wildman–Crippen MR) is 175 cm³/mol. The monoisotopic (exact) mass is 632 g/mol. The molecule has 1 heterocycles. The number of ketones is 3. The Morgan fingerprint density at radius 1 is 0.851 bits per heavy atom. The highest BCUT2D eigenvalue weighted by Crippen LogP contribution is 2.63. The third-order valence-corrected chi connectivity index (χ3v) is 11.1. The van der Waals surface area contributed by atoms with Gasteiger partial charge in [0.1, 0.15) is 24.5 Å². The average molecular weight is 633 g/mol. The lowest BCUT2D eigenvalue weighted by molar-refractivity contribution is -0.146. The first kappa shape index (κ1) is 31.1. The van der Waals surface area contributed by atoms with Gasteiger partial charge >= 0.3 is 0 Å². The molecule has 0 spiro atoms. The van der Waals surface area contributed by atoms with Gasteiger partial charge in [0, 0.05) is 5.92 Å². The van der Waals surface area contributed by atoms with E-state index in [1.165, 1.54) is 0 Å². The maximum Gasteiger partial charge on any atom is 0.265 e. The minimum Gasteiger partial charge on any atom is -0.488 e. The summed E-state index contributed by atoms with van der Waals surface area (Å²) in [6, 6.07) is 22.4. The van der Waals surface area contributed by atoms with Crippen molar-refractivity contribution in [2.45, 2.75) is 72.1 Å². The van der Waals surface area contributed by atoms with Gasteiger partial charge in [0.2, 0.25) is 0 Å². The van der Waals surface area contributed by atoms with Crippen LogP contribution in [0.5, 0.6) is 11.6 Å². The Labute approximate surface area is 274 Å². The largest absolute Gasteiger partial charge is 0.488 e. The van der Waals surface area contributed by atoms with Crippen LogP contribution in [0.15, 0.2) is 77.3 Å². The number of benzene rings is 3. The van der Waals surface area contributed by atoms with Crippen molar-refractivity contribution in [3.8, 4) is 11.6 Å². The van der Waals surface area contributed by atoms with E-state index in [0.717, 1.165) is 28.7 Å². The fraction of sp³-hybridized carbons (Fsp3) is 0.385. The smallest absolute Gasteiger partial charge is 0.265 e. The number of carbonyl (C=O) groups is 3. The third kappa shape index (κ3) is 4.67. The van der Waals surface area contributed by atoms with E-state index in [4.69, 9.17) is 19.7 Å². The molecular formula is C39H40N2O6. The van der Waals surface area contributed by atoms with Gasteiger partial charge in [-0.05, 0) is 71.0 Å². The van der Waals surface area contributed by atoms with Crippen molar-refractivity contribution in [1.29, 1.82) is 0 Å². The van der Waals surface area contributed by atoms with E-state index in [1.54, 1.807) is 0 Å². The summed E-state index contributed by atoms with van der Waals surface area (Å²) in [4.78, 5) is 44.7. The third-order valence-electron chi connectivity index (χ3n) is 11.1. The van der Waals surface area contributed by atoms with Crippen molar-refractivity contribution in [2.24, 2.45) is 28.4 Å². The number of aromatic nitrogens is 1. The Kier molecular flexibility index (Phi) is 7.87. The van der Waals surface area contributed by atoms with E-state index < -0.39 is 34.5 Å². The van der Waals surface area contributed by atoms with Crippen LogP contribution in [0.3, 0.4) is 0 Å². The zero-order chi connectivity index (χ0) is 32.9. The van der Waals surface area contributed by atoms with Gasteiger partial charge in [-0.25, -0.2) is 0 Å². The molecule has 7 rings (SSSR count). The van der Waals surface area contributed by atoms with Gasteiger partial charge < -0.3 is 19.7 Å². The minimum absolute atomic E-state index is 0.0280. The maximum atomic E-state index is 15.1. The molecule has 2 N–H and O–H groups in total. The lowest BCUT2D eigenvalue weighted by atomic mass is 9.43. The number of hydrogen-bond donors (Lipinski definition) is 1. The first-order valence-electron chi connectivity index (χ1n) is 16.7. The van der Waals surface area contributed by atoms with Crippen LogP contribution in [0, 0.1) is 22.7 Å². The van der Waals surface area contributed by atoms with Crippen molar-refractivity contribution < 1.29 is 28.4 Å². The van der Waals surface area contributed by atoms with Gasteiger partial charge in [0.25, 0.3) is 5.88 Å². The molecule has 0 amide bonds. The number of fused-ring (bicyclic) bond motifs is 4. The number of carbonyl (C=O) groups excluding carboxylic acids is 3. The summed E-state index contributed by atoms with van der Waals surface area (Å²) in [6.45, 7) is 6.40. The molecule has 4 aromatic rings. The SMILES string of the molecule is CCc1ccc(OCc2ccccc2)c2c1CC1(CC)CC3C(N)c4onc(OCc5ccccc5)c4C(=O)C3(CC)C(=O)C1C2=O. The summed E-state index contributed by atoms with van der Waals surface area (Å²) in [5.74, 6) is -1.84. The predicted octanol–water partition coefficient (Wildman–Crippen LogP) is 7.03. The highest BCUT2D eigenvalue weighted by molar-refractivity contribution is 6.25. The number of hydrogen-bond acceptors (Lipinski definition) is 8. The van der Waals surface area contributed by atoms with Gasteiger partial charge in [-0.1, -0.05) is 87.5 Å². The first-order chi connectivity index (χ1) is 22.8. The molecular weight excluding hydrogens is 592 g/mol. The van der Waals surface area contributed by atoms with Crippen molar-refractivity contribution >= 4 is 17.3 Å². The summed E-state index contributed by atoms with van der Waals surface area (Å²) in [5.41, 5.74) is 9.20. The normalized spacial score (nSPS) is 26.2. The molecule has 0 aliphatic heterocycles. The van der Waals surface area contributed by atoms with Crippen LogP contribution in [0.25, 0.3) is 0 Å². The molecule has 3 aliphatic carbocycles. The van der Waals surface area contributed by atoms with Crippen molar-refractivity contribution in [3.63, 3.8) is 0 Å². The molecule has 8 heteroatoms. The fourth-order valence-electron chi connectivity index (χ4n) is 8.58. The van der Waals surface area contributed by atoms with E-state index in [2.05, 4.69) is 12.1 Å². The van der Waals surface area contributed by atoms with Gasteiger partial charge in [-0.2, -0.15) is 0 Å².